The highest BCUT2D eigenvalue weighted by Gasteiger charge is 2.14. The molecule has 0 bridgehead atoms. The van der Waals surface area contributed by atoms with Crippen LogP contribution in [0.1, 0.15) is 23.1 Å². The third kappa shape index (κ3) is 4.83. The Bertz CT molecular complexity index is 666. The van der Waals surface area contributed by atoms with Gasteiger partial charge in [-0.15, -0.1) is 0 Å². The molecule has 0 saturated heterocycles. The molecule has 0 fully saturated rings. The zero-order valence-electron chi connectivity index (χ0n) is 14.1. The molecule has 3 N–H and O–H groups in total. The number of aliphatic imine (C=N–C) groups is 1. The standard InChI is InChI=1S/C20H26N4/c21-20(23-15-17-7-2-1-3-8-17)22-12-6-13-24-14-11-18-9-4-5-10-19(18)16-24/h1-5,7-10H,6,11-16H2,(H3,21,22,23). The third-order valence-electron chi connectivity index (χ3n) is 4.44. The van der Waals surface area contributed by atoms with E-state index in [0.29, 0.717) is 12.5 Å². The van der Waals surface area contributed by atoms with Crippen molar-refractivity contribution in [3.63, 3.8) is 0 Å². The summed E-state index contributed by atoms with van der Waals surface area (Å²) < 4.78 is 0. The molecule has 0 aliphatic carbocycles. The lowest BCUT2D eigenvalue weighted by atomic mass is 10.00. The Morgan fingerprint density at radius 1 is 1.04 bits per heavy atom. The van der Waals surface area contributed by atoms with Crippen molar-refractivity contribution in [2.75, 3.05) is 19.6 Å². The minimum atomic E-state index is 0.530. The van der Waals surface area contributed by atoms with E-state index in [4.69, 9.17) is 5.73 Å². The fourth-order valence-corrected chi connectivity index (χ4v) is 3.08. The van der Waals surface area contributed by atoms with E-state index < -0.39 is 0 Å². The number of nitrogens with one attached hydrogen (secondary N) is 1. The minimum Gasteiger partial charge on any atom is -0.370 e. The van der Waals surface area contributed by atoms with Crippen LogP contribution in [0.4, 0.5) is 0 Å². The lowest BCUT2D eigenvalue weighted by Gasteiger charge is -2.28. The summed E-state index contributed by atoms with van der Waals surface area (Å²) in [5, 5.41) is 3.21. The summed E-state index contributed by atoms with van der Waals surface area (Å²) >= 11 is 0. The topological polar surface area (TPSA) is 53.6 Å². The summed E-state index contributed by atoms with van der Waals surface area (Å²) in [6.45, 7) is 4.79. The molecule has 24 heavy (non-hydrogen) atoms. The predicted molar refractivity (Wildman–Crippen MR) is 99.8 cm³/mol. The van der Waals surface area contributed by atoms with Gasteiger partial charge in [0.15, 0.2) is 5.96 Å². The van der Waals surface area contributed by atoms with Crippen LogP contribution in [0, 0.1) is 0 Å². The lowest BCUT2D eigenvalue weighted by molar-refractivity contribution is 0.251. The van der Waals surface area contributed by atoms with Crippen molar-refractivity contribution in [2.45, 2.75) is 25.9 Å². The zero-order valence-corrected chi connectivity index (χ0v) is 14.1. The first kappa shape index (κ1) is 16.5. The van der Waals surface area contributed by atoms with Crippen molar-refractivity contribution >= 4 is 5.96 Å². The molecule has 1 heterocycles. The van der Waals surface area contributed by atoms with E-state index in [2.05, 4.69) is 51.6 Å². The first-order valence-electron chi connectivity index (χ1n) is 8.68. The van der Waals surface area contributed by atoms with Gasteiger partial charge in [0, 0.05) is 26.2 Å². The van der Waals surface area contributed by atoms with Crippen LogP contribution in [0.5, 0.6) is 0 Å². The number of hydrogen-bond donors (Lipinski definition) is 2. The number of nitrogens with zero attached hydrogens (tertiary/aromatic N) is 2. The Balaban J connectivity index is 1.35. The number of hydrogen-bond acceptors (Lipinski definition) is 2. The number of rotatable bonds is 6. The molecule has 126 valence electrons. The first-order chi connectivity index (χ1) is 11.8. The molecule has 1 aliphatic heterocycles. The molecule has 0 spiro atoms. The Hall–Kier alpha value is -2.33. The highest BCUT2D eigenvalue weighted by atomic mass is 15.1. The molecule has 2 aromatic carbocycles. The Kier molecular flexibility index (Phi) is 5.85. The molecule has 2 aromatic rings. The van der Waals surface area contributed by atoms with Gasteiger partial charge < -0.3 is 11.1 Å². The van der Waals surface area contributed by atoms with Gasteiger partial charge in [-0.1, -0.05) is 54.6 Å². The highest BCUT2D eigenvalue weighted by Crippen LogP contribution is 2.18. The van der Waals surface area contributed by atoms with Gasteiger partial charge >= 0.3 is 0 Å². The van der Waals surface area contributed by atoms with Crippen molar-refractivity contribution in [3.05, 3.63) is 71.3 Å². The molecule has 0 atom stereocenters. The fourth-order valence-electron chi connectivity index (χ4n) is 3.08. The van der Waals surface area contributed by atoms with Gasteiger partial charge in [-0.2, -0.15) is 0 Å². The molecule has 1 aliphatic rings. The van der Waals surface area contributed by atoms with Crippen molar-refractivity contribution in [1.29, 1.82) is 0 Å². The van der Waals surface area contributed by atoms with Crippen LogP contribution in [0.2, 0.25) is 0 Å². The molecule has 0 amide bonds. The summed E-state index contributed by atoms with van der Waals surface area (Å²) in [6, 6.07) is 18.9. The molecule has 0 radical (unpaired) electrons. The van der Waals surface area contributed by atoms with Crippen molar-refractivity contribution in [3.8, 4) is 0 Å². The van der Waals surface area contributed by atoms with E-state index in [0.717, 1.165) is 39.0 Å². The minimum absolute atomic E-state index is 0.530. The maximum Gasteiger partial charge on any atom is 0.188 e. The quantitative estimate of drug-likeness (QED) is 0.488. The Morgan fingerprint density at radius 2 is 1.79 bits per heavy atom. The van der Waals surface area contributed by atoms with Gasteiger partial charge in [-0.05, 0) is 29.5 Å². The largest absolute Gasteiger partial charge is 0.370 e. The van der Waals surface area contributed by atoms with Crippen LogP contribution in [0.25, 0.3) is 0 Å². The Labute approximate surface area is 144 Å². The van der Waals surface area contributed by atoms with Gasteiger partial charge in [0.2, 0.25) is 0 Å². The normalized spacial score (nSPS) is 15.1. The van der Waals surface area contributed by atoms with Crippen molar-refractivity contribution in [2.24, 2.45) is 10.7 Å². The van der Waals surface area contributed by atoms with Crippen LogP contribution in [0.3, 0.4) is 0 Å². The van der Waals surface area contributed by atoms with Gasteiger partial charge in [0.05, 0.1) is 6.54 Å². The molecule has 4 heteroatoms. The molecule has 4 nitrogen and oxygen atoms in total. The second-order valence-electron chi connectivity index (χ2n) is 6.26. The van der Waals surface area contributed by atoms with Gasteiger partial charge in [0.1, 0.15) is 0 Å². The predicted octanol–water partition coefficient (Wildman–Crippen LogP) is 2.54. The summed E-state index contributed by atoms with van der Waals surface area (Å²) in [6.07, 6.45) is 2.23. The number of guanidine groups is 1. The summed E-state index contributed by atoms with van der Waals surface area (Å²) in [5.41, 5.74) is 10.1. The van der Waals surface area contributed by atoms with Gasteiger partial charge in [-0.3, -0.25) is 4.90 Å². The summed E-state index contributed by atoms with van der Waals surface area (Å²) in [4.78, 5) is 6.89. The number of fused-ring (bicyclic) bond motifs is 1. The van der Waals surface area contributed by atoms with Gasteiger partial charge in [-0.25, -0.2) is 4.99 Å². The SMILES string of the molecule is NC(=NCc1ccccc1)NCCCN1CCc2ccccc2C1. The summed E-state index contributed by atoms with van der Waals surface area (Å²) in [5.74, 6) is 0.530. The fraction of sp³-hybridized carbons (Fsp3) is 0.350. The van der Waals surface area contributed by atoms with Crippen LogP contribution in [-0.2, 0) is 19.5 Å². The average Bonchev–Trinajstić information content (AvgIpc) is 2.64. The van der Waals surface area contributed by atoms with Gasteiger partial charge in [0.25, 0.3) is 0 Å². The monoisotopic (exact) mass is 322 g/mol. The molecule has 3 rings (SSSR count). The molecular formula is C20H26N4. The lowest BCUT2D eigenvalue weighted by Crippen LogP contribution is -2.36. The maximum atomic E-state index is 5.93. The first-order valence-corrected chi connectivity index (χ1v) is 8.68. The molecule has 0 saturated carbocycles. The Morgan fingerprint density at radius 3 is 2.62 bits per heavy atom. The second kappa shape index (κ2) is 8.50. The maximum absolute atomic E-state index is 5.93. The average molecular weight is 322 g/mol. The van der Waals surface area contributed by atoms with Crippen LogP contribution < -0.4 is 11.1 Å². The zero-order chi connectivity index (χ0) is 16.6. The van der Waals surface area contributed by atoms with E-state index in [1.165, 1.54) is 16.7 Å². The van der Waals surface area contributed by atoms with E-state index in [1.807, 2.05) is 18.2 Å². The van der Waals surface area contributed by atoms with Crippen molar-refractivity contribution in [1.82, 2.24) is 10.2 Å². The van der Waals surface area contributed by atoms with E-state index in [-0.39, 0.29) is 0 Å². The van der Waals surface area contributed by atoms with E-state index >= 15 is 0 Å². The third-order valence-corrected chi connectivity index (χ3v) is 4.44. The number of benzene rings is 2. The highest BCUT2D eigenvalue weighted by molar-refractivity contribution is 5.77. The molecule has 0 unspecified atom stereocenters. The number of nitrogens with two attached hydrogens (primary N) is 1. The smallest absolute Gasteiger partial charge is 0.188 e. The van der Waals surface area contributed by atoms with E-state index in [9.17, 15) is 0 Å². The van der Waals surface area contributed by atoms with Crippen LogP contribution in [-0.4, -0.2) is 30.5 Å². The van der Waals surface area contributed by atoms with E-state index in [1.54, 1.807) is 0 Å². The summed E-state index contributed by atoms with van der Waals surface area (Å²) in [7, 11) is 0. The van der Waals surface area contributed by atoms with Crippen LogP contribution in [0.15, 0.2) is 59.6 Å². The van der Waals surface area contributed by atoms with Crippen molar-refractivity contribution < 1.29 is 0 Å². The molecule has 0 aromatic heterocycles. The second-order valence-corrected chi connectivity index (χ2v) is 6.26. The molecular weight excluding hydrogens is 296 g/mol. The van der Waals surface area contributed by atoms with Crippen LogP contribution >= 0.6 is 0 Å².